The van der Waals surface area contributed by atoms with Gasteiger partial charge < -0.3 is 10.6 Å². The first kappa shape index (κ1) is 12.2. The number of hydrogen-bond acceptors (Lipinski definition) is 4. The van der Waals surface area contributed by atoms with Crippen molar-refractivity contribution in [2.75, 3.05) is 12.8 Å². The van der Waals surface area contributed by atoms with Crippen LogP contribution in [0.5, 0.6) is 0 Å². The lowest BCUT2D eigenvalue weighted by Gasteiger charge is -2.15. The molecule has 2 N–H and O–H groups in total. The number of amides is 1. The van der Waals surface area contributed by atoms with Gasteiger partial charge in [-0.3, -0.25) is 14.2 Å². The highest BCUT2D eigenvalue weighted by atomic mass is 16.2. The number of nitrogens with two attached hydrogens (primary N) is 1. The van der Waals surface area contributed by atoms with Gasteiger partial charge >= 0.3 is 0 Å². The molecule has 2 rings (SSSR count). The zero-order chi connectivity index (χ0) is 13.3. The van der Waals surface area contributed by atoms with E-state index in [1.54, 1.807) is 29.9 Å². The van der Waals surface area contributed by atoms with Gasteiger partial charge in [-0.1, -0.05) is 0 Å². The molecule has 2 aromatic rings. The van der Waals surface area contributed by atoms with Crippen molar-refractivity contribution >= 4 is 11.7 Å². The van der Waals surface area contributed by atoms with Crippen LogP contribution in [-0.2, 0) is 20.6 Å². The van der Waals surface area contributed by atoms with Gasteiger partial charge in [-0.25, -0.2) is 0 Å². The first-order valence-corrected chi connectivity index (χ1v) is 5.49. The van der Waals surface area contributed by atoms with Crippen LogP contribution in [0.4, 0.5) is 5.82 Å². The highest BCUT2D eigenvalue weighted by Crippen LogP contribution is 2.13. The van der Waals surface area contributed by atoms with E-state index < -0.39 is 0 Å². The average Bonchev–Trinajstić information content (AvgIpc) is 2.87. The maximum atomic E-state index is 12.2. The molecular weight excluding hydrogens is 232 g/mol. The largest absolute Gasteiger partial charge is 0.383 e. The van der Waals surface area contributed by atoms with E-state index in [0.29, 0.717) is 17.9 Å². The smallest absolute Gasteiger partial charge is 0.259 e. The molecule has 0 radical (unpaired) electrons. The van der Waals surface area contributed by atoms with E-state index in [0.717, 1.165) is 5.56 Å². The zero-order valence-corrected chi connectivity index (χ0v) is 10.7. The first-order valence-electron chi connectivity index (χ1n) is 5.49. The Morgan fingerprint density at radius 3 is 2.61 bits per heavy atom. The summed E-state index contributed by atoms with van der Waals surface area (Å²) >= 11 is 0. The van der Waals surface area contributed by atoms with Crippen molar-refractivity contribution in [2.45, 2.75) is 6.54 Å². The molecule has 0 saturated carbocycles. The normalized spacial score (nSPS) is 10.6. The minimum Gasteiger partial charge on any atom is -0.383 e. The van der Waals surface area contributed by atoms with Crippen molar-refractivity contribution in [1.29, 1.82) is 0 Å². The molecule has 7 heteroatoms. The molecule has 7 nitrogen and oxygen atoms in total. The van der Waals surface area contributed by atoms with Crippen LogP contribution < -0.4 is 5.73 Å². The van der Waals surface area contributed by atoms with E-state index in [9.17, 15) is 4.79 Å². The molecule has 2 aromatic heterocycles. The van der Waals surface area contributed by atoms with Crippen molar-refractivity contribution in [3.05, 3.63) is 29.7 Å². The summed E-state index contributed by atoms with van der Waals surface area (Å²) in [5, 5.41) is 8.02. The summed E-state index contributed by atoms with van der Waals surface area (Å²) in [7, 11) is 5.26. The third-order valence-electron chi connectivity index (χ3n) is 2.74. The molecule has 0 spiro atoms. The van der Waals surface area contributed by atoms with Crippen molar-refractivity contribution < 1.29 is 4.79 Å². The standard InChI is InChI=1S/C11H16N6O/c1-15(6-8-4-13-16(2)7-8)11(18)9-5-14-17(3)10(9)12/h4-5,7H,6,12H2,1-3H3. The van der Waals surface area contributed by atoms with Gasteiger partial charge in [-0.05, 0) is 0 Å². The van der Waals surface area contributed by atoms with E-state index in [1.165, 1.54) is 10.9 Å². The van der Waals surface area contributed by atoms with Crippen LogP contribution in [0.25, 0.3) is 0 Å². The fourth-order valence-electron chi connectivity index (χ4n) is 1.72. The molecule has 0 bridgehead atoms. The fourth-order valence-corrected chi connectivity index (χ4v) is 1.72. The van der Waals surface area contributed by atoms with E-state index in [2.05, 4.69) is 10.2 Å². The van der Waals surface area contributed by atoms with Gasteiger partial charge in [0.05, 0.1) is 12.4 Å². The summed E-state index contributed by atoms with van der Waals surface area (Å²) in [6.45, 7) is 0.487. The SMILES string of the molecule is CN(Cc1cnn(C)c1)C(=O)c1cnn(C)c1N. The number of carbonyl (C=O) groups excluding carboxylic acids is 1. The molecule has 0 unspecified atom stereocenters. The van der Waals surface area contributed by atoms with Crippen LogP contribution in [-0.4, -0.2) is 37.4 Å². The van der Waals surface area contributed by atoms with Crippen molar-refractivity contribution in [2.24, 2.45) is 14.1 Å². The van der Waals surface area contributed by atoms with E-state index in [1.807, 2.05) is 13.2 Å². The molecule has 18 heavy (non-hydrogen) atoms. The predicted molar refractivity (Wildman–Crippen MR) is 66.6 cm³/mol. The molecule has 0 aliphatic carbocycles. The van der Waals surface area contributed by atoms with Crippen molar-refractivity contribution in [3.8, 4) is 0 Å². The highest BCUT2D eigenvalue weighted by Gasteiger charge is 2.18. The van der Waals surface area contributed by atoms with Crippen molar-refractivity contribution in [3.63, 3.8) is 0 Å². The number of carbonyl (C=O) groups is 1. The highest BCUT2D eigenvalue weighted by molar-refractivity contribution is 5.98. The maximum absolute atomic E-state index is 12.2. The Labute approximate surface area is 105 Å². The van der Waals surface area contributed by atoms with Gasteiger partial charge in [0.2, 0.25) is 0 Å². The lowest BCUT2D eigenvalue weighted by atomic mass is 10.2. The number of aromatic nitrogens is 4. The minimum atomic E-state index is -0.149. The third-order valence-corrected chi connectivity index (χ3v) is 2.74. The number of anilines is 1. The molecule has 0 atom stereocenters. The maximum Gasteiger partial charge on any atom is 0.259 e. The minimum absolute atomic E-state index is 0.149. The molecule has 0 aliphatic heterocycles. The fraction of sp³-hybridized carbons (Fsp3) is 0.364. The van der Waals surface area contributed by atoms with Gasteiger partial charge in [-0.2, -0.15) is 10.2 Å². The Bertz CT molecular complexity index is 570. The van der Waals surface area contributed by atoms with Gasteiger partial charge in [0.1, 0.15) is 11.4 Å². The average molecular weight is 248 g/mol. The molecule has 0 aromatic carbocycles. The Morgan fingerprint density at radius 2 is 2.11 bits per heavy atom. The number of aryl methyl sites for hydroxylation is 2. The molecule has 2 heterocycles. The van der Waals surface area contributed by atoms with Gasteiger partial charge in [0, 0.05) is 39.4 Å². The summed E-state index contributed by atoms with van der Waals surface area (Å²) < 4.78 is 3.18. The molecule has 96 valence electrons. The lowest BCUT2D eigenvalue weighted by Crippen LogP contribution is -2.26. The topological polar surface area (TPSA) is 82.0 Å². The van der Waals surface area contributed by atoms with E-state index in [-0.39, 0.29) is 5.91 Å². The number of rotatable bonds is 3. The van der Waals surface area contributed by atoms with Gasteiger partial charge in [0.25, 0.3) is 5.91 Å². The summed E-state index contributed by atoms with van der Waals surface area (Å²) in [4.78, 5) is 13.7. The van der Waals surface area contributed by atoms with E-state index in [4.69, 9.17) is 5.73 Å². The van der Waals surface area contributed by atoms with Crippen molar-refractivity contribution in [1.82, 2.24) is 24.5 Å². The molecule has 0 saturated heterocycles. The number of nitrogen functional groups attached to an aromatic ring is 1. The monoisotopic (exact) mass is 248 g/mol. The second-order valence-electron chi connectivity index (χ2n) is 4.25. The predicted octanol–water partition coefficient (Wildman–Crippen LogP) is 0.00800. The molecular formula is C11H16N6O. The van der Waals surface area contributed by atoms with Gasteiger partial charge in [0.15, 0.2) is 0 Å². The van der Waals surface area contributed by atoms with Gasteiger partial charge in [-0.15, -0.1) is 0 Å². The Balaban J connectivity index is 2.12. The Morgan fingerprint density at radius 1 is 1.39 bits per heavy atom. The van der Waals surface area contributed by atoms with Crippen LogP contribution in [0.1, 0.15) is 15.9 Å². The van der Waals surface area contributed by atoms with Crippen LogP contribution in [0.2, 0.25) is 0 Å². The van der Waals surface area contributed by atoms with Crippen LogP contribution in [0, 0.1) is 0 Å². The quantitative estimate of drug-likeness (QED) is 0.829. The first-order chi connectivity index (χ1) is 8.49. The van der Waals surface area contributed by atoms with Crippen LogP contribution >= 0.6 is 0 Å². The van der Waals surface area contributed by atoms with Crippen LogP contribution in [0.3, 0.4) is 0 Å². The zero-order valence-electron chi connectivity index (χ0n) is 10.7. The molecule has 0 fully saturated rings. The molecule has 1 amide bonds. The number of hydrogen-bond donors (Lipinski definition) is 1. The third kappa shape index (κ3) is 2.20. The summed E-state index contributed by atoms with van der Waals surface area (Å²) in [5.74, 6) is 0.225. The Hall–Kier alpha value is -2.31. The summed E-state index contributed by atoms with van der Waals surface area (Å²) in [6, 6.07) is 0. The summed E-state index contributed by atoms with van der Waals surface area (Å²) in [5.41, 5.74) is 7.16. The lowest BCUT2D eigenvalue weighted by molar-refractivity contribution is 0.0786. The second kappa shape index (κ2) is 4.52. The Kier molecular flexibility index (Phi) is 3.05. The van der Waals surface area contributed by atoms with E-state index >= 15 is 0 Å². The van der Waals surface area contributed by atoms with Crippen LogP contribution in [0.15, 0.2) is 18.6 Å². The molecule has 0 aliphatic rings. The number of nitrogens with zero attached hydrogens (tertiary/aromatic N) is 5. The second-order valence-corrected chi connectivity index (χ2v) is 4.25. The summed E-state index contributed by atoms with van der Waals surface area (Å²) in [6.07, 6.45) is 5.09.